The molecular weight excluding hydrogens is 314 g/mol. The highest BCUT2D eigenvalue weighted by atomic mass is 79.9. The van der Waals surface area contributed by atoms with E-state index in [4.69, 9.17) is 9.97 Å². The topological polar surface area (TPSA) is 37.8 Å². The summed E-state index contributed by atoms with van der Waals surface area (Å²) in [6.07, 6.45) is 4.15. The van der Waals surface area contributed by atoms with Gasteiger partial charge in [0.25, 0.3) is 0 Å². The second-order valence-corrected chi connectivity index (χ2v) is 5.92. The molecule has 0 aliphatic heterocycles. The lowest BCUT2D eigenvalue weighted by molar-refractivity contribution is 0.885. The van der Waals surface area contributed by atoms with Gasteiger partial charge in [0.15, 0.2) is 0 Å². The van der Waals surface area contributed by atoms with Crippen LogP contribution in [0.1, 0.15) is 36.0 Å². The Morgan fingerprint density at radius 2 is 2.05 bits per heavy atom. The second-order valence-electron chi connectivity index (χ2n) is 5.07. The summed E-state index contributed by atoms with van der Waals surface area (Å²) >= 11 is 3.59. The highest BCUT2D eigenvalue weighted by molar-refractivity contribution is 9.10. The molecule has 0 atom stereocenters. The summed E-state index contributed by atoms with van der Waals surface area (Å²) < 4.78 is 1.12. The third-order valence-corrected chi connectivity index (χ3v) is 4.40. The molecule has 104 valence electrons. The first kappa shape index (κ1) is 13.6. The van der Waals surface area contributed by atoms with Crippen molar-refractivity contribution in [2.75, 3.05) is 11.9 Å². The fourth-order valence-electron chi connectivity index (χ4n) is 2.69. The Bertz CT molecular complexity index is 625. The lowest BCUT2D eigenvalue weighted by atomic mass is 10.1. The van der Waals surface area contributed by atoms with E-state index in [0.29, 0.717) is 0 Å². The molecule has 3 rings (SSSR count). The molecule has 0 saturated carbocycles. The van der Waals surface area contributed by atoms with Crippen molar-refractivity contribution in [3.63, 3.8) is 0 Å². The van der Waals surface area contributed by atoms with Crippen LogP contribution in [0.4, 0.5) is 5.82 Å². The predicted octanol–water partition coefficient (Wildman–Crippen LogP) is 3.75. The van der Waals surface area contributed by atoms with Gasteiger partial charge >= 0.3 is 0 Å². The molecular formula is C16H18BrN3. The van der Waals surface area contributed by atoms with Crippen molar-refractivity contribution in [3.05, 3.63) is 51.4 Å². The zero-order valence-electron chi connectivity index (χ0n) is 11.6. The van der Waals surface area contributed by atoms with Crippen molar-refractivity contribution in [2.24, 2.45) is 0 Å². The van der Waals surface area contributed by atoms with Gasteiger partial charge in [-0.05, 0) is 37.8 Å². The van der Waals surface area contributed by atoms with Crippen LogP contribution in [-0.4, -0.2) is 16.5 Å². The minimum absolute atomic E-state index is 0.771. The van der Waals surface area contributed by atoms with Crippen LogP contribution in [0.15, 0.2) is 28.7 Å². The van der Waals surface area contributed by atoms with E-state index in [1.54, 1.807) is 0 Å². The number of benzene rings is 1. The van der Waals surface area contributed by atoms with E-state index in [2.05, 4.69) is 46.4 Å². The predicted molar refractivity (Wildman–Crippen MR) is 85.2 cm³/mol. The molecule has 0 unspecified atom stereocenters. The fraction of sp³-hybridized carbons (Fsp3) is 0.375. The van der Waals surface area contributed by atoms with Crippen LogP contribution in [0.25, 0.3) is 0 Å². The van der Waals surface area contributed by atoms with E-state index in [-0.39, 0.29) is 0 Å². The number of aromatic nitrogens is 2. The first-order chi connectivity index (χ1) is 9.78. The fourth-order valence-corrected chi connectivity index (χ4v) is 3.11. The Morgan fingerprint density at radius 1 is 1.20 bits per heavy atom. The van der Waals surface area contributed by atoms with E-state index in [9.17, 15) is 0 Å². The molecule has 0 spiro atoms. The van der Waals surface area contributed by atoms with Crippen LogP contribution in [-0.2, 0) is 19.3 Å². The lowest BCUT2D eigenvalue weighted by Crippen LogP contribution is -2.09. The third kappa shape index (κ3) is 2.70. The number of nitrogens with one attached hydrogen (secondary N) is 1. The molecule has 1 N–H and O–H groups in total. The minimum Gasteiger partial charge on any atom is -0.370 e. The van der Waals surface area contributed by atoms with E-state index >= 15 is 0 Å². The van der Waals surface area contributed by atoms with Crippen molar-refractivity contribution in [1.82, 2.24) is 9.97 Å². The molecule has 3 nitrogen and oxygen atoms in total. The average molecular weight is 332 g/mol. The number of anilines is 1. The first-order valence-electron chi connectivity index (χ1n) is 7.14. The SMILES string of the molecule is CCNc1nc(Cc2ccccc2Br)nc2c1CCC2. The van der Waals surface area contributed by atoms with Gasteiger partial charge in [0.05, 0.1) is 0 Å². The Labute approximate surface area is 128 Å². The summed E-state index contributed by atoms with van der Waals surface area (Å²) in [7, 11) is 0. The average Bonchev–Trinajstić information content (AvgIpc) is 2.90. The first-order valence-corrected chi connectivity index (χ1v) is 7.93. The molecule has 1 aromatic heterocycles. The monoisotopic (exact) mass is 331 g/mol. The van der Waals surface area contributed by atoms with E-state index in [1.165, 1.54) is 23.2 Å². The Kier molecular flexibility index (Phi) is 4.01. The summed E-state index contributed by atoms with van der Waals surface area (Å²) in [6, 6.07) is 8.27. The van der Waals surface area contributed by atoms with Gasteiger partial charge in [0.2, 0.25) is 0 Å². The van der Waals surface area contributed by atoms with Gasteiger partial charge in [-0.3, -0.25) is 0 Å². The Balaban J connectivity index is 1.94. The van der Waals surface area contributed by atoms with Gasteiger partial charge in [-0.2, -0.15) is 0 Å². The minimum atomic E-state index is 0.771. The van der Waals surface area contributed by atoms with Crippen LogP contribution in [0.2, 0.25) is 0 Å². The molecule has 0 radical (unpaired) electrons. The van der Waals surface area contributed by atoms with Gasteiger partial charge in [-0.25, -0.2) is 9.97 Å². The normalized spacial score (nSPS) is 13.3. The van der Waals surface area contributed by atoms with Crippen molar-refractivity contribution in [3.8, 4) is 0 Å². The van der Waals surface area contributed by atoms with Crippen LogP contribution in [0.5, 0.6) is 0 Å². The van der Waals surface area contributed by atoms with Gasteiger partial charge in [-0.15, -0.1) is 0 Å². The Morgan fingerprint density at radius 3 is 2.85 bits per heavy atom. The number of aryl methyl sites for hydroxylation is 1. The summed E-state index contributed by atoms with van der Waals surface area (Å²) in [5, 5.41) is 3.39. The molecule has 20 heavy (non-hydrogen) atoms. The van der Waals surface area contributed by atoms with Gasteiger partial charge in [-0.1, -0.05) is 34.1 Å². The molecule has 0 bridgehead atoms. The number of rotatable bonds is 4. The molecule has 1 heterocycles. The number of nitrogens with zero attached hydrogens (tertiary/aromatic N) is 2. The number of hydrogen-bond acceptors (Lipinski definition) is 3. The van der Waals surface area contributed by atoms with Gasteiger partial charge in [0, 0.05) is 28.7 Å². The number of fused-ring (bicyclic) bond motifs is 1. The molecule has 2 aromatic rings. The number of halogens is 1. The van der Waals surface area contributed by atoms with E-state index < -0.39 is 0 Å². The Hall–Kier alpha value is -1.42. The van der Waals surface area contributed by atoms with Gasteiger partial charge < -0.3 is 5.32 Å². The standard InChI is InChI=1S/C16H18BrN3/c1-2-18-16-12-7-5-9-14(12)19-15(20-16)10-11-6-3-4-8-13(11)17/h3-4,6,8H,2,5,7,9-10H2,1H3,(H,18,19,20). The lowest BCUT2D eigenvalue weighted by Gasteiger charge is -2.11. The quantitative estimate of drug-likeness (QED) is 0.927. The molecule has 0 saturated heterocycles. The maximum absolute atomic E-state index is 4.76. The van der Waals surface area contributed by atoms with E-state index in [1.807, 2.05) is 6.07 Å². The van der Waals surface area contributed by atoms with Crippen LogP contribution >= 0.6 is 15.9 Å². The highest BCUT2D eigenvalue weighted by Gasteiger charge is 2.19. The molecule has 1 aromatic carbocycles. The van der Waals surface area contributed by atoms with Crippen molar-refractivity contribution < 1.29 is 0 Å². The molecule has 0 fully saturated rings. The summed E-state index contributed by atoms with van der Waals surface area (Å²) in [5.74, 6) is 1.95. The van der Waals surface area contributed by atoms with Crippen LogP contribution < -0.4 is 5.32 Å². The van der Waals surface area contributed by atoms with Crippen molar-refractivity contribution in [2.45, 2.75) is 32.6 Å². The summed E-state index contributed by atoms with van der Waals surface area (Å²) in [6.45, 7) is 3.01. The largest absolute Gasteiger partial charge is 0.370 e. The van der Waals surface area contributed by atoms with E-state index in [0.717, 1.165) is 41.9 Å². The number of hydrogen-bond donors (Lipinski definition) is 1. The summed E-state index contributed by atoms with van der Waals surface area (Å²) in [4.78, 5) is 9.49. The summed E-state index contributed by atoms with van der Waals surface area (Å²) in [5.41, 5.74) is 3.79. The highest BCUT2D eigenvalue weighted by Crippen LogP contribution is 2.27. The van der Waals surface area contributed by atoms with Crippen molar-refractivity contribution >= 4 is 21.7 Å². The zero-order chi connectivity index (χ0) is 13.9. The van der Waals surface area contributed by atoms with Crippen molar-refractivity contribution in [1.29, 1.82) is 0 Å². The third-order valence-electron chi connectivity index (χ3n) is 3.63. The molecule has 4 heteroatoms. The maximum atomic E-state index is 4.76. The maximum Gasteiger partial charge on any atom is 0.135 e. The van der Waals surface area contributed by atoms with Gasteiger partial charge in [0.1, 0.15) is 11.6 Å². The van der Waals surface area contributed by atoms with Crippen LogP contribution in [0, 0.1) is 0 Å². The zero-order valence-corrected chi connectivity index (χ0v) is 13.2. The molecule has 0 amide bonds. The second kappa shape index (κ2) is 5.92. The smallest absolute Gasteiger partial charge is 0.135 e. The molecule has 1 aliphatic rings. The van der Waals surface area contributed by atoms with Crippen LogP contribution in [0.3, 0.4) is 0 Å². The molecule has 1 aliphatic carbocycles.